The van der Waals surface area contributed by atoms with Gasteiger partial charge in [0.15, 0.2) is 0 Å². The van der Waals surface area contributed by atoms with Gasteiger partial charge in [0, 0.05) is 0 Å². The first kappa shape index (κ1) is 45.2. The van der Waals surface area contributed by atoms with Crippen LogP contribution in [0.1, 0.15) is 271 Å². The topological polar surface area (TPSA) is 9.23 Å². The highest BCUT2D eigenvalue weighted by atomic mass is 28.2. The molecule has 0 aromatic carbocycles. The van der Waals surface area contributed by atoms with Crippen LogP contribution < -0.4 is 0 Å². The molecule has 0 saturated heterocycles. The third-order valence-electron chi connectivity index (χ3n) is 10.9. The van der Waals surface area contributed by atoms with Crippen molar-refractivity contribution in [1.29, 1.82) is 0 Å². The molecule has 0 aliphatic heterocycles. The van der Waals surface area contributed by atoms with E-state index in [1.54, 1.807) is 0 Å². The van der Waals surface area contributed by atoms with Gasteiger partial charge in [-0.1, -0.05) is 252 Å². The minimum absolute atomic E-state index is 0.224. The third kappa shape index (κ3) is 33.9. The van der Waals surface area contributed by atoms with Crippen LogP contribution in [0.5, 0.6) is 0 Å². The summed E-state index contributed by atoms with van der Waals surface area (Å²) in [6.45, 7) is 6.95. The molecule has 0 aliphatic rings. The normalized spacial score (nSPS) is 12.1. The van der Waals surface area contributed by atoms with Gasteiger partial charge in [-0.3, -0.25) is 0 Å². The van der Waals surface area contributed by atoms with E-state index in [9.17, 15) is 0 Å². The van der Waals surface area contributed by atoms with Crippen LogP contribution in [0.4, 0.5) is 0 Å². The molecule has 0 unspecified atom stereocenters. The summed E-state index contributed by atoms with van der Waals surface area (Å²) < 4.78 is 6.58. The van der Waals surface area contributed by atoms with Crippen molar-refractivity contribution in [3.05, 3.63) is 0 Å². The van der Waals surface area contributed by atoms with Crippen LogP contribution in [-0.4, -0.2) is 16.1 Å². The van der Waals surface area contributed by atoms with Crippen LogP contribution in [0, 0.1) is 0 Å². The summed E-state index contributed by atoms with van der Waals surface area (Å²) in [4.78, 5) is 0. The second-order valence-corrected chi connectivity index (χ2v) is 15.7. The van der Waals surface area contributed by atoms with Crippen molar-refractivity contribution < 1.29 is 4.43 Å². The first-order valence-electron chi connectivity index (χ1n) is 21.8. The van der Waals surface area contributed by atoms with E-state index in [0.29, 0.717) is 0 Å². The van der Waals surface area contributed by atoms with Crippen molar-refractivity contribution in [3.63, 3.8) is 0 Å². The van der Waals surface area contributed by atoms with Gasteiger partial charge in [-0.05, 0) is 19.3 Å². The van der Waals surface area contributed by atoms with E-state index in [-0.39, 0.29) is 5.60 Å². The Morgan fingerprint density at radius 1 is 0.267 bits per heavy atom. The van der Waals surface area contributed by atoms with Crippen LogP contribution >= 0.6 is 0 Å². The molecule has 0 saturated carbocycles. The van der Waals surface area contributed by atoms with Crippen LogP contribution in [0.25, 0.3) is 0 Å². The minimum Gasteiger partial charge on any atom is -0.422 e. The Labute approximate surface area is 290 Å². The molecule has 45 heavy (non-hydrogen) atoms. The first-order chi connectivity index (χ1) is 22.2. The SMILES string of the molecule is CCCCCCCCCCCCCCC(CCCCCCCCCCCCCC)(CCCCCCCCCCCCCC)O[SiH3]. The zero-order valence-corrected chi connectivity index (χ0v) is 34.5. The van der Waals surface area contributed by atoms with Crippen molar-refractivity contribution in [2.45, 2.75) is 277 Å². The molecule has 0 radical (unpaired) electrons. The fourth-order valence-electron chi connectivity index (χ4n) is 7.55. The lowest BCUT2D eigenvalue weighted by molar-refractivity contribution is 0.0422. The van der Waals surface area contributed by atoms with Gasteiger partial charge in [-0.2, -0.15) is 0 Å². The summed E-state index contributed by atoms with van der Waals surface area (Å²) in [5.74, 6) is 0. The molecule has 0 spiro atoms. The standard InChI is InChI=1S/C43H90OSi/c1-4-7-10-13-16-19-22-25-28-31-34-37-40-43(44-45,41-38-35-32-29-26-23-20-17-14-11-8-5-2)42-39-36-33-30-27-24-21-18-15-12-9-6-3/h4-42H2,1-3,45H3. The Morgan fingerprint density at radius 3 is 0.578 bits per heavy atom. The summed E-state index contributed by atoms with van der Waals surface area (Å²) in [6.07, 6.45) is 56.0. The summed E-state index contributed by atoms with van der Waals surface area (Å²) in [7, 11) is 0.909. The van der Waals surface area contributed by atoms with Crippen molar-refractivity contribution in [2.75, 3.05) is 0 Å². The molecule has 0 aliphatic carbocycles. The molecule has 0 aromatic heterocycles. The van der Waals surface area contributed by atoms with E-state index >= 15 is 0 Å². The lowest BCUT2D eigenvalue weighted by Gasteiger charge is -2.34. The molecule has 0 N–H and O–H groups in total. The summed E-state index contributed by atoms with van der Waals surface area (Å²) in [5.41, 5.74) is 0.224. The molecule has 0 bridgehead atoms. The molecule has 0 atom stereocenters. The average Bonchev–Trinajstić information content (AvgIpc) is 3.05. The largest absolute Gasteiger partial charge is 0.422 e. The Bertz CT molecular complexity index is 451. The summed E-state index contributed by atoms with van der Waals surface area (Å²) in [6, 6.07) is 0. The monoisotopic (exact) mass is 651 g/mol. The van der Waals surface area contributed by atoms with E-state index in [1.807, 2.05) is 0 Å². The van der Waals surface area contributed by atoms with Crippen molar-refractivity contribution in [1.82, 2.24) is 0 Å². The van der Waals surface area contributed by atoms with Gasteiger partial charge in [0.05, 0.1) is 5.60 Å². The van der Waals surface area contributed by atoms with Gasteiger partial charge in [0.1, 0.15) is 10.5 Å². The molecule has 1 nitrogen and oxygen atoms in total. The number of hydrogen-bond donors (Lipinski definition) is 0. The molecule has 0 fully saturated rings. The molecular weight excluding hydrogens is 561 g/mol. The average molecular weight is 651 g/mol. The highest BCUT2D eigenvalue weighted by Gasteiger charge is 2.27. The fraction of sp³-hybridized carbons (Fsp3) is 1.00. The van der Waals surface area contributed by atoms with Crippen LogP contribution in [0.15, 0.2) is 0 Å². The lowest BCUT2D eigenvalue weighted by atomic mass is 9.85. The maximum Gasteiger partial charge on any atom is 0.146 e. The van der Waals surface area contributed by atoms with Gasteiger partial charge in [0.2, 0.25) is 0 Å². The second kappa shape index (κ2) is 38.6. The number of hydrogen-bond acceptors (Lipinski definition) is 1. The van der Waals surface area contributed by atoms with E-state index in [0.717, 1.165) is 10.5 Å². The lowest BCUT2D eigenvalue weighted by Crippen LogP contribution is -2.32. The Balaban J connectivity index is 4.21. The Hall–Kier alpha value is 0.177. The van der Waals surface area contributed by atoms with Gasteiger partial charge in [0.25, 0.3) is 0 Å². The predicted octanol–water partition coefficient (Wildman–Crippen LogP) is 15.3. The van der Waals surface area contributed by atoms with Gasteiger partial charge in [-0.25, -0.2) is 0 Å². The van der Waals surface area contributed by atoms with Crippen LogP contribution in [0.3, 0.4) is 0 Å². The Kier molecular flexibility index (Phi) is 38.8. The third-order valence-corrected chi connectivity index (χ3v) is 11.8. The smallest absolute Gasteiger partial charge is 0.146 e. The summed E-state index contributed by atoms with van der Waals surface area (Å²) >= 11 is 0. The van der Waals surface area contributed by atoms with E-state index in [1.165, 1.54) is 250 Å². The number of unbranched alkanes of at least 4 members (excludes halogenated alkanes) is 33. The fourth-order valence-corrected chi connectivity index (χ4v) is 8.16. The van der Waals surface area contributed by atoms with Crippen molar-refractivity contribution in [3.8, 4) is 0 Å². The van der Waals surface area contributed by atoms with Gasteiger partial charge >= 0.3 is 0 Å². The highest BCUT2D eigenvalue weighted by Crippen LogP contribution is 2.32. The van der Waals surface area contributed by atoms with E-state index in [4.69, 9.17) is 4.43 Å². The maximum atomic E-state index is 6.58. The van der Waals surface area contributed by atoms with Crippen molar-refractivity contribution in [2.24, 2.45) is 0 Å². The first-order valence-corrected chi connectivity index (χ1v) is 22.6. The quantitative estimate of drug-likeness (QED) is 0.0473. The van der Waals surface area contributed by atoms with Gasteiger partial charge in [-0.15, -0.1) is 0 Å². The molecule has 0 amide bonds. The van der Waals surface area contributed by atoms with Crippen molar-refractivity contribution >= 4 is 10.5 Å². The molecule has 2 heteroatoms. The Morgan fingerprint density at radius 2 is 0.422 bits per heavy atom. The van der Waals surface area contributed by atoms with E-state index in [2.05, 4.69) is 20.8 Å². The van der Waals surface area contributed by atoms with Crippen LogP contribution in [-0.2, 0) is 4.43 Å². The zero-order valence-electron chi connectivity index (χ0n) is 32.5. The molecule has 0 heterocycles. The van der Waals surface area contributed by atoms with E-state index < -0.39 is 0 Å². The molecule has 0 aromatic rings. The zero-order chi connectivity index (χ0) is 32.8. The molecule has 0 rings (SSSR count). The highest BCUT2D eigenvalue weighted by molar-refractivity contribution is 5.98. The number of rotatable bonds is 40. The maximum absolute atomic E-state index is 6.58. The minimum atomic E-state index is 0.224. The summed E-state index contributed by atoms with van der Waals surface area (Å²) in [5, 5.41) is 0. The predicted molar refractivity (Wildman–Crippen MR) is 211 cm³/mol. The molecular formula is C43H90OSi. The molecule has 272 valence electrons. The second-order valence-electron chi connectivity index (χ2n) is 15.3. The van der Waals surface area contributed by atoms with Crippen LogP contribution in [0.2, 0.25) is 0 Å². The van der Waals surface area contributed by atoms with Gasteiger partial charge < -0.3 is 4.43 Å².